The van der Waals surface area contributed by atoms with Crippen LogP contribution in [0.4, 0.5) is 0 Å². The zero-order valence-electron chi connectivity index (χ0n) is 18.9. The highest BCUT2D eigenvalue weighted by atomic mass is 16.2. The first-order valence-corrected chi connectivity index (χ1v) is 11.5. The summed E-state index contributed by atoms with van der Waals surface area (Å²) in [4.78, 5) is 36.6. The molecule has 6 nitrogen and oxygen atoms in total. The molecular weight excluding hydrogens is 366 g/mol. The van der Waals surface area contributed by atoms with Crippen LogP contribution in [0.1, 0.15) is 97.8 Å². The molecule has 0 radical (unpaired) electrons. The number of carbonyl (C=O) groups excluding carboxylic acids is 3. The number of nitrogens with one attached hydrogen (secondary N) is 3. The first kappa shape index (κ1) is 27.1. The lowest BCUT2D eigenvalue weighted by Crippen LogP contribution is -2.47. The maximum absolute atomic E-state index is 12.4. The van der Waals surface area contributed by atoms with Gasteiger partial charge in [-0.05, 0) is 32.1 Å². The van der Waals surface area contributed by atoms with E-state index in [1.807, 2.05) is 12.2 Å². The molecule has 0 aliphatic rings. The smallest absolute Gasteiger partial charge is 0.242 e. The van der Waals surface area contributed by atoms with Gasteiger partial charge in [0.15, 0.2) is 0 Å². The van der Waals surface area contributed by atoms with Crippen molar-refractivity contribution in [3.63, 3.8) is 0 Å². The highest BCUT2D eigenvalue weighted by molar-refractivity contribution is 5.88. The molecule has 0 spiro atoms. The van der Waals surface area contributed by atoms with E-state index in [-0.39, 0.29) is 30.6 Å². The summed E-state index contributed by atoms with van der Waals surface area (Å²) in [7, 11) is 0. The van der Waals surface area contributed by atoms with Crippen molar-refractivity contribution in [3.8, 4) is 0 Å². The Labute approximate surface area is 177 Å². The van der Waals surface area contributed by atoms with E-state index >= 15 is 0 Å². The van der Waals surface area contributed by atoms with Crippen molar-refractivity contribution in [2.24, 2.45) is 0 Å². The van der Waals surface area contributed by atoms with Crippen LogP contribution in [0, 0.1) is 0 Å². The molecule has 0 rings (SSSR count). The monoisotopic (exact) mass is 409 g/mol. The molecule has 0 aromatic rings. The van der Waals surface area contributed by atoms with E-state index in [9.17, 15) is 14.4 Å². The first-order chi connectivity index (χ1) is 14.0. The van der Waals surface area contributed by atoms with Crippen molar-refractivity contribution in [2.45, 2.75) is 104 Å². The summed E-state index contributed by atoms with van der Waals surface area (Å²) in [5.74, 6) is -0.473. The molecule has 0 bridgehead atoms. The maximum Gasteiger partial charge on any atom is 0.242 e. The highest BCUT2D eigenvalue weighted by Gasteiger charge is 2.21. The van der Waals surface area contributed by atoms with Crippen LogP contribution >= 0.6 is 0 Å². The summed E-state index contributed by atoms with van der Waals surface area (Å²) in [6.07, 6.45) is 14.3. The molecule has 0 saturated carbocycles. The van der Waals surface area contributed by atoms with Crippen LogP contribution in [0.2, 0.25) is 0 Å². The van der Waals surface area contributed by atoms with Crippen LogP contribution in [0.3, 0.4) is 0 Å². The molecule has 0 aromatic carbocycles. The average molecular weight is 410 g/mol. The molecule has 0 heterocycles. The van der Waals surface area contributed by atoms with Crippen molar-refractivity contribution >= 4 is 17.7 Å². The Kier molecular flexibility index (Phi) is 18.2. The van der Waals surface area contributed by atoms with Gasteiger partial charge in [0.05, 0.1) is 0 Å². The lowest BCUT2D eigenvalue weighted by atomic mass is 10.1. The SMILES string of the molecule is CCCCCC/C=C/CC(=O)N[C@@H](CCC(=O)NCCCC)C(=O)NCCCC. The molecule has 0 saturated heterocycles. The summed E-state index contributed by atoms with van der Waals surface area (Å²) in [6.45, 7) is 7.54. The molecule has 1 atom stereocenters. The first-order valence-electron chi connectivity index (χ1n) is 11.5. The number of hydrogen-bond donors (Lipinski definition) is 3. The minimum atomic E-state index is -0.672. The third-order valence-electron chi connectivity index (χ3n) is 4.69. The van der Waals surface area contributed by atoms with Crippen LogP contribution in [-0.4, -0.2) is 36.9 Å². The quantitative estimate of drug-likeness (QED) is 0.236. The van der Waals surface area contributed by atoms with Gasteiger partial charge >= 0.3 is 0 Å². The molecular formula is C23H43N3O3. The molecule has 0 aliphatic heterocycles. The number of rotatable bonds is 18. The van der Waals surface area contributed by atoms with E-state index < -0.39 is 6.04 Å². The van der Waals surface area contributed by atoms with Gasteiger partial charge in [-0.25, -0.2) is 0 Å². The van der Waals surface area contributed by atoms with E-state index in [0.717, 1.165) is 38.5 Å². The second kappa shape index (κ2) is 19.5. The number of amides is 3. The van der Waals surface area contributed by atoms with Gasteiger partial charge in [0.1, 0.15) is 6.04 Å². The highest BCUT2D eigenvalue weighted by Crippen LogP contribution is 2.04. The number of hydrogen-bond acceptors (Lipinski definition) is 3. The molecule has 3 amide bonds. The molecule has 0 aromatic heterocycles. The number of unbranched alkanes of at least 4 members (excludes halogenated alkanes) is 6. The number of carbonyl (C=O) groups is 3. The summed E-state index contributed by atoms with van der Waals surface area (Å²) in [6, 6.07) is -0.672. The molecule has 3 N–H and O–H groups in total. The van der Waals surface area contributed by atoms with Gasteiger partial charge in [-0.3, -0.25) is 14.4 Å². The van der Waals surface area contributed by atoms with Crippen molar-refractivity contribution in [1.82, 2.24) is 16.0 Å². The predicted molar refractivity (Wildman–Crippen MR) is 120 cm³/mol. The van der Waals surface area contributed by atoms with Crippen LogP contribution in [0.15, 0.2) is 12.2 Å². The summed E-state index contributed by atoms with van der Waals surface area (Å²) < 4.78 is 0. The minimum Gasteiger partial charge on any atom is -0.356 e. The Hall–Kier alpha value is -1.85. The van der Waals surface area contributed by atoms with Gasteiger partial charge in [0, 0.05) is 25.9 Å². The maximum atomic E-state index is 12.4. The lowest BCUT2D eigenvalue weighted by Gasteiger charge is -2.18. The lowest BCUT2D eigenvalue weighted by molar-refractivity contribution is -0.129. The van der Waals surface area contributed by atoms with Crippen molar-refractivity contribution < 1.29 is 14.4 Å². The Balaban J connectivity index is 4.44. The van der Waals surface area contributed by atoms with E-state index in [0.29, 0.717) is 19.5 Å². The molecule has 29 heavy (non-hydrogen) atoms. The fraction of sp³-hybridized carbons (Fsp3) is 0.783. The van der Waals surface area contributed by atoms with Gasteiger partial charge in [-0.15, -0.1) is 0 Å². The van der Waals surface area contributed by atoms with Gasteiger partial charge in [-0.1, -0.05) is 65.0 Å². The fourth-order valence-corrected chi connectivity index (χ4v) is 2.80. The zero-order chi connectivity index (χ0) is 21.7. The summed E-state index contributed by atoms with van der Waals surface area (Å²) >= 11 is 0. The second-order valence-electron chi connectivity index (χ2n) is 7.53. The van der Waals surface area contributed by atoms with Crippen molar-refractivity contribution in [1.29, 1.82) is 0 Å². The molecule has 0 fully saturated rings. The topological polar surface area (TPSA) is 87.3 Å². The van der Waals surface area contributed by atoms with E-state index in [2.05, 4.69) is 36.7 Å². The van der Waals surface area contributed by atoms with Crippen molar-refractivity contribution in [3.05, 3.63) is 12.2 Å². The Morgan fingerprint density at radius 3 is 2.07 bits per heavy atom. The Bertz CT molecular complexity index is 478. The van der Waals surface area contributed by atoms with E-state index in [1.165, 1.54) is 19.3 Å². The molecule has 168 valence electrons. The Morgan fingerprint density at radius 2 is 1.41 bits per heavy atom. The zero-order valence-corrected chi connectivity index (χ0v) is 18.9. The van der Waals surface area contributed by atoms with E-state index in [1.54, 1.807) is 0 Å². The van der Waals surface area contributed by atoms with Crippen LogP contribution in [0.5, 0.6) is 0 Å². The second-order valence-corrected chi connectivity index (χ2v) is 7.53. The van der Waals surface area contributed by atoms with Crippen LogP contribution in [0.25, 0.3) is 0 Å². The van der Waals surface area contributed by atoms with Crippen LogP contribution in [-0.2, 0) is 14.4 Å². The molecule has 0 aliphatic carbocycles. The third kappa shape index (κ3) is 16.8. The van der Waals surface area contributed by atoms with Gasteiger partial charge in [0.25, 0.3) is 0 Å². The predicted octanol–water partition coefficient (Wildman–Crippen LogP) is 4.00. The number of allylic oxidation sites excluding steroid dienone is 1. The van der Waals surface area contributed by atoms with E-state index in [4.69, 9.17) is 0 Å². The standard InChI is InChI=1S/C23H43N3O3/c1-4-7-10-11-12-13-14-15-22(28)26-20(23(29)25-19-9-6-3)16-17-21(27)24-18-8-5-2/h13-14,20H,4-12,15-19H2,1-3H3,(H,24,27)(H,25,29)(H,26,28)/b14-13+/t20-/m0/s1. The molecule has 6 heteroatoms. The van der Waals surface area contributed by atoms with Crippen molar-refractivity contribution in [2.75, 3.05) is 13.1 Å². The molecule has 0 unspecified atom stereocenters. The third-order valence-corrected chi connectivity index (χ3v) is 4.69. The van der Waals surface area contributed by atoms with Gasteiger partial charge in [-0.2, -0.15) is 0 Å². The fourth-order valence-electron chi connectivity index (χ4n) is 2.80. The average Bonchev–Trinajstić information content (AvgIpc) is 2.70. The minimum absolute atomic E-state index is 0.0777. The van der Waals surface area contributed by atoms with Gasteiger partial charge < -0.3 is 16.0 Å². The largest absolute Gasteiger partial charge is 0.356 e. The Morgan fingerprint density at radius 1 is 0.759 bits per heavy atom. The van der Waals surface area contributed by atoms with Crippen LogP contribution < -0.4 is 16.0 Å². The normalized spacial score (nSPS) is 12.0. The van der Waals surface area contributed by atoms with Gasteiger partial charge in [0.2, 0.25) is 17.7 Å². The summed E-state index contributed by atoms with van der Waals surface area (Å²) in [5.41, 5.74) is 0. The summed E-state index contributed by atoms with van der Waals surface area (Å²) in [5, 5.41) is 8.50.